The van der Waals surface area contributed by atoms with Crippen LogP contribution in [0, 0.1) is 0 Å². The van der Waals surface area contributed by atoms with Gasteiger partial charge in [0.25, 0.3) is 0 Å². The molecule has 14 N–H and O–H groups in total. The van der Waals surface area contributed by atoms with E-state index in [9.17, 15) is 71.2 Å². The highest BCUT2D eigenvalue weighted by molar-refractivity contribution is 5.87. The highest BCUT2D eigenvalue weighted by Crippen LogP contribution is 2.40. The molecule has 0 aromatic heterocycles. The average Bonchev–Trinajstić information content (AvgIpc) is 3.28. The summed E-state index contributed by atoms with van der Waals surface area (Å²) in [7, 11) is 0. The number of phenolic OH excluding ortho intramolecular Hbond substituents is 2. The van der Waals surface area contributed by atoms with Crippen molar-refractivity contribution in [2.24, 2.45) is 0 Å². The zero-order valence-electron chi connectivity index (χ0n) is 33.4. The number of esters is 1. The summed E-state index contributed by atoms with van der Waals surface area (Å²) in [5.74, 6) is -1.78. The molecule has 22 heteroatoms. The Morgan fingerprint density at radius 2 is 1.20 bits per heavy atom. The number of benzene rings is 2. The Kier molecular flexibility index (Phi) is 14.6. The number of carbonyl (C=O) groups excluding carboxylic acids is 1. The third kappa shape index (κ3) is 10.0. The van der Waals surface area contributed by atoms with Gasteiger partial charge in [0.1, 0.15) is 96.8 Å². The number of rotatable bonds is 13. The molecule has 0 spiro atoms. The average molecular weight is 906 g/mol. The zero-order valence-corrected chi connectivity index (χ0v) is 33.4. The molecule has 0 radical (unpaired) electrons. The molecule has 2 aromatic carbocycles. The Morgan fingerprint density at radius 1 is 0.641 bits per heavy atom. The van der Waals surface area contributed by atoms with Crippen molar-refractivity contribution in [3.8, 4) is 11.5 Å². The predicted molar refractivity (Wildman–Crippen MR) is 211 cm³/mol. The van der Waals surface area contributed by atoms with Crippen molar-refractivity contribution in [1.82, 2.24) is 0 Å². The number of phenols is 2. The van der Waals surface area contributed by atoms with Gasteiger partial charge in [-0.1, -0.05) is 12.1 Å². The maximum atomic E-state index is 12.8. The lowest BCUT2D eigenvalue weighted by Crippen LogP contribution is -2.64. The van der Waals surface area contributed by atoms with E-state index in [1.165, 1.54) is 66.8 Å². The molecule has 4 heterocycles. The van der Waals surface area contributed by atoms with Crippen LogP contribution in [0.3, 0.4) is 0 Å². The molecular weight excluding hydrogens is 856 g/mol. The van der Waals surface area contributed by atoms with E-state index in [0.29, 0.717) is 11.1 Å². The number of allylic oxidation sites excluding steroid dienone is 2. The molecule has 0 bridgehead atoms. The smallest absolute Gasteiger partial charge is 0.330 e. The van der Waals surface area contributed by atoms with Gasteiger partial charge in [-0.15, -0.1) is 0 Å². The summed E-state index contributed by atoms with van der Waals surface area (Å²) in [6.45, 7) is -2.29. The normalized spacial score (nSPS) is 36.6. The predicted octanol–water partition coefficient (Wildman–Crippen LogP) is -3.34. The molecule has 4 aliphatic heterocycles. The number of hydrogen-bond donors (Lipinski definition) is 13. The molecular formula is C42H49O22+. The number of carbonyl (C=O) groups is 1. The Bertz CT molecular complexity index is 2100. The van der Waals surface area contributed by atoms with E-state index in [0.717, 1.165) is 12.2 Å². The van der Waals surface area contributed by atoms with E-state index >= 15 is 0 Å². The molecule has 3 fully saturated rings. The second-order valence-corrected chi connectivity index (χ2v) is 15.3. The fourth-order valence-corrected chi connectivity index (χ4v) is 7.36. The minimum Gasteiger partial charge on any atom is -0.571 e. The summed E-state index contributed by atoms with van der Waals surface area (Å²) in [5.41, 5.74) is 0.949. The molecule has 7 rings (SSSR count). The van der Waals surface area contributed by atoms with Gasteiger partial charge in [-0.3, -0.25) is 0 Å². The van der Waals surface area contributed by atoms with E-state index in [4.69, 9.17) is 37.9 Å². The Hall–Kier alpha value is -5.15. The van der Waals surface area contributed by atoms with Gasteiger partial charge >= 0.3 is 11.7 Å². The molecule has 1 aliphatic carbocycles. The third-order valence-electron chi connectivity index (χ3n) is 11.0. The second-order valence-electron chi connectivity index (χ2n) is 15.3. The third-order valence-corrected chi connectivity index (χ3v) is 11.0. The number of aliphatic hydroxyl groups excluding tert-OH is 11. The molecule has 22 nitrogen and oxygen atoms in total. The fourth-order valence-electron chi connectivity index (χ4n) is 7.36. The summed E-state index contributed by atoms with van der Waals surface area (Å²) in [6, 6.07) is 11.4. The van der Waals surface area contributed by atoms with Crippen LogP contribution in [0.4, 0.5) is 0 Å². The monoisotopic (exact) mass is 905 g/mol. The van der Waals surface area contributed by atoms with Gasteiger partial charge in [0.15, 0.2) is 12.4 Å². The van der Waals surface area contributed by atoms with Gasteiger partial charge in [0.2, 0.25) is 24.4 Å². The van der Waals surface area contributed by atoms with Crippen LogP contribution in [0.5, 0.6) is 11.5 Å². The minimum atomic E-state index is -2.01. The first kappa shape index (κ1) is 46.8. The lowest BCUT2D eigenvalue weighted by molar-refractivity contribution is -0.363. The first-order valence-electron chi connectivity index (χ1n) is 19.9. The number of aliphatic hydroxyl groups is 13. The van der Waals surface area contributed by atoms with Crippen molar-refractivity contribution < 1.29 is 109 Å². The maximum Gasteiger partial charge on any atom is 0.330 e. The Labute approximate surface area is 362 Å². The summed E-state index contributed by atoms with van der Waals surface area (Å²) in [4.78, 5) is 12.8. The number of hydrogen-bond acceptors (Lipinski definition) is 21. The molecule has 348 valence electrons. The standard InChI is InChI=1S/C42H48O22/c43-14-26-30(49)33(52)36(55)40(61-26)59-24-12-21(47)11-23-22(24)13-25(38(58-23)18-4-8-20(46)9-5-18)60-42-39(64-41-37(56)34(53)31(50)27(15-44)62-41)35(54)32(51)28(63-42)16-57-29(48)10-3-17-1-6-19(45)7-2-17/h1-13,23,26-28,30-37,39-47,49-56H,14-16H2/p+1. The van der Waals surface area contributed by atoms with Crippen LogP contribution in [0.1, 0.15) is 11.1 Å². The first-order valence-corrected chi connectivity index (χ1v) is 19.9. The van der Waals surface area contributed by atoms with Gasteiger partial charge < -0.3 is 104 Å². The van der Waals surface area contributed by atoms with Gasteiger partial charge in [0.05, 0.1) is 30.4 Å². The van der Waals surface area contributed by atoms with Crippen LogP contribution in [0.15, 0.2) is 95.7 Å². The summed E-state index contributed by atoms with van der Waals surface area (Å²) in [6.07, 6.45) is -21.6. The molecule has 2 aromatic rings. The summed E-state index contributed by atoms with van der Waals surface area (Å²) < 4.78 is 45.4. The van der Waals surface area contributed by atoms with Crippen LogP contribution >= 0.6 is 0 Å². The fraction of sp³-hybridized carbons (Fsp3) is 0.452. The molecule has 16 atom stereocenters. The van der Waals surface area contributed by atoms with Gasteiger partial charge in [-0.05, 0) is 48.0 Å². The molecule has 5 aliphatic rings. The van der Waals surface area contributed by atoms with E-state index in [1.807, 2.05) is 0 Å². The van der Waals surface area contributed by atoms with Crippen molar-refractivity contribution in [1.29, 1.82) is 0 Å². The molecule has 3 saturated heterocycles. The lowest BCUT2D eigenvalue weighted by Gasteiger charge is -2.46. The van der Waals surface area contributed by atoms with Crippen LogP contribution in [-0.2, 0) is 38.0 Å². The van der Waals surface area contributed by atoms with Crippen LogP contribution in [0.2, 0.25) is 0 Å². The largest absolute Gasteiger partial charge is 0.571 e. The van der Waals surface area contributed by atoms with Gasteiger partial charge in [-0.25, -0.2) is 4.79 Å². The van der Waals surface area contributed by atoms with Crippen LogP contribution in [-0.4, -0.2) is 195 Å². The summed E-state index contributed by atoms with van der Waals surface area (Å²) in [5, 5.41) is 136. The molecule has 0 saturated carbocycles. The zero-order chi connectivity index (χ0) is 46.0. The Morgan fingerprint density at radius 3 is 1.83 bits per heavy atom. The second kappa shape index (κ2) is 19.9. The highest BCUT2D eigenvalue weighted by Gasteiger charge is 2.53. The van der Waals surface area contributed by atoms with Crippen molar-refractivity contribution in [3.63, 3.8) is 0 Å². The molecule has 16 unspecified atom stereocenters. The van der Waals surface area contributed by atoms with Crippen molar-refractivity contribution in [2.45, 2.75) is 98.2 Å². The van der Waals surface area contributed by atoms with Crippen molar-refractivity contribution in [3.05, 3.63) is 107 Å². The topological polar surface area (TPSA) is 357 Å². The summed E-state index contributed by atoms with van der Waals surface area (Å²) >= 11 is 0. The van der Waals surface area contributed by atoms with E-state index in [1.54, 1.807) is 0 Å². The number of ether oxygens (including phenoxy) is 8. The SMILES string of the molecule is O=C(C=Cc1ccc(O)cc1)OCC1OC(OC2=C(c3ccc(O)cc3)[OH+]C3C=C(O)C=C(OC4OC(CO)C(O)C(O)C4O)C3=C2)C(OC2OC(CO)C(O)C(O)C2O)C(O)C1O. The first-order chi connectivity index (χ1) is 30.6. The van der Waals surface area contributed by atoms with Gasteiger partial charge in [0, 0.05) is 18.2 Å². The number of aromatic hydroxyl groups is 2. The minimum absolute atomic E-state index is 0.00405. The lowest BCUT2D eigenvalue weighted by atomic mass is 9.96. The highest BCUT2D eigenvalue weighted by atomic mass is 16.8. The number of fused-ring (bicyclic) bond motifs is 1. The Balaban J connectivity index is 1.23. The quantitative estimate of drug-likeness (QED) is 0.0531. The van der Waals surface area contributed by atoms with E-state index < -0.39 is 124 Å². The maximum absolute atomic E-state index is 12.8. The van der Waals surface area contributed by atoms with E-state index in [2.05, 4.69) is 0 Å². The molecule has 0 amide bonds. The van der Waals surface area contributed by atoms with Crippen LogP contribution < -0.4 is 0 Å². The van der Waals surface area contributed by atoms with Crippen LogP contribution in [0.25, 0.3) is 11.8 Å². The van der Waals surface area contributed by atoms with E-state index in [-0.39, 0.29) is 40.1 Å². The van der Waals surface area contributed by atoms with Gasteiger partial charge in [-0.2, -0.15) is 0 Å². The van der Waals surface area contributed by atoms with Crippen molar-refractivity contribution in [2.75, 3.05) is 19.8 Å². The van der Waals surface area contributed by atoms with Crippen molar-refractivity contribution >= 4 is 17.8 Å². The molecule has 64 heavy (non-hydrogen) atoms.